The van der Waals surface area contributed by atoms with Gasteiger partial charge in [-0.25, -0.2) is 14.6 Å². The van der Waals surface area contributed by atoms with Gasteiger partial charge >= 0.3 is 0 Å². The molecule has 0 amide bonds. The number of hydrogen-bond donors (Lipinski definition) is 0. The van der Waals surface area contributed by atoms with E-state index in [-0.39, 0.29) is 6.10 Å². The lowest BCUT2D eigenvalue weighted by molar-refractivity contribution is -0.127. The number of carbonyl (C=O) groups is 1. The van der Waals surface area contributed by atoms with E-state index < -0.39 is 5.41 Å². The number of carbonyl (C=O) groups excluding carboxylic acids is 1. The van der Waals surface area contributed by atoms with Gasteiger partial charge < -0.3 is 9.26 Å². The Morgan fingerprint density at radius 1 is 1.17 bits per heavy atom. The Morgan fingerprint density at radius 2 is 2.06 bits per heavy atom. The Hall–Kier alpha value is -3.14. The van der Waals surface area contributed by atoms with E-state index in [9.17, 15) is 4.79 Å². The van der Waals surface area contributed by atoms with Crippen LogP contribution >= 0.6 is 0 Å². The maximum atomic E-state index is 13.1. The Kier molecular flexibility index (Phi) is 5.63. The largest absolute Gasteiger partial charge is 0.473 e. The van der Waals surface area contributed by atoms with Crippen LogP contribution < -0.4 is 4.74 Å². The number of fused-ring (bicyclic) bond motifs is 2. The lowest BCUT2D eigenvalue weighted by atomic mass is 9.64. The minimum absolute atomic E-state index is 0.0411. The molecule has 2 fully saturated rings. The van der Waals surface area contributed by atoms with Crippen LogP contribution in [0.15, 0.2) is 23.2 Å². The van der Waals surface area contributed by atoms with Crippen LogP contribution in [-0.2, 0) is 16.6 Å². The molecule has 1 spiro atoms. The normalized spacial score (nSPS) is 25.7. The van der Waals surface area contributed by atoms with Crippen molar-refractivity contribution in [1.82, 2.24) is 34.8 Å². The molecular formula is C25H31N7O3. The summed E-state index contributed by atoms with van der Waals surface area (Å²) in [4.78, 5) is 28.9. The highest BCUT2D eigenvalue weighted by Crippen LogP contribution is 2.47. The van der Waals surface area contributed by atoms with Crippen molar-refractivity contribution >= 4 is 5.78 Å². The predicted molar refractivity (Wildman–Crippen MR) is 126 cm³/mol. The maximum Gasteiger partial charge on any atom is 0.219 e. The van der Waals surface area contributed by atoms with Gasteiger partial charge in [-0.15, -0.1) is 0 Å². The first-order valence-corrected chi connectivity index (χ1v) is 12.7. The van der Waals surface area contributed by atoms with Gasteiger partial charge in [-0.1, -0.05) is 11.6 Å². The number of ketones is 1. The molecule has 3 aromatic rings. The van der Waals surface area contributed by atoms with Crippen molar-refractivity contribution in [3.05, 3.63) is 30.0 Å². The Morgan fingerprint density at radius 3 is 2.83 bits per heavy atom. The second kappa shape index (κ2) is 8.82. The van der Waals surface area contributed by atoms with Gasteiger partial charge in [-0.05, 0) is 65.5 Å². The first-order chi connectivity index (χ1) is 17.0. The molecule has 10 heteroatoms. The predicted octanol–water partition coefficient (Wildman–Crippen LogP) is 3.29. The summed E-state index contributed by atoms with van der Waals surface area (Å²) in [6.07, 6.45) is 11.3. The van der Waals surface area contributed by atoms with Gasteiger partial charge in [0.1, 0.15) is 30.2 Å². The first-order valence-electron chi connectivity index (χ1n) is 12.7. The van der Waals surface area contributed by atoms with E-state index >= 15 is 0 Å². The zero-order valence-electron chi connectivity index (χ0n) is 20.3. The third-order valence-electron chi connectivity index (χ3n) is 8.03. The zero-order chi connectivity index (χ0) is 24.0. The number of likely N-dealkylation sites (N-methyl/N-ethyl adjacent to an activating group) is 1. The molecule has 1 aliphatic heterocycles. The number of aromatic nitrogens is 6. The van der Waals surface area contributed by atoms with Crippen LogP contribution in [0.3, 0.4) is 0 Å². The highest BCUT2D eigenvalue weighted by atomic mass is 16.5. The number of hydrogen-bond acceptors (Lipinski definition) is 9. The highest BCUT2D eigenvalue weighted by molar-refractivity contribution is 5.91. The molecule has 10 nitrogen and oxygen atoms in total. The van der Waals surface area contributed by atoms with Crippen LogP contribution in [0.5, 0.6) is 5.88 Å². The van der Waals surface area contributed by atoms with E-state index in [0.29, 0.717) is 41.5 Å². The standard InChI is InChI=1S/C25H31N7O3/c1-16(18-8-6-12-31(18)2)34-21-13-20(32-15-26-14-27-32)28-24(29-21)22-17-7-5-11-25(23(17)30-35-22)10-4-3-9-19(25)33/h13-16,18H,3-12H2,1-2H3/t16-,18-,25+/m0/s1. The van der Waals surface area contributed by atoms with Gasteiger partial charge in [-0.3, -0.25) is 9.69 Å². The summed E-state index contributed by atoms with van der Waals surface area (Å²) in [6.45, 7) is 3.15. The Labute approximate surface area is 204 Å². The lowest BCUT2D eigenvalue weighted by Gasteiger charge is -2.37. The average Bonchev–Trinajstić information content (AvgIpc) is 3.62. The molecule has 3 aromatic heterocycles. The van der Waals surface area contributed by atoms with Crippen LogP contribution in [-0.4, -0.2) is 66.3 Å². The van der Waals surface area contributed by atoms with Crippen molar-refractivity contribution in [2.45, 2.75) is 82.3 Å². The number of rotatable bonds is 5. The van der Waals surface area contributed by atoms with E-state index in [4.69, 9.17) is 19.2 Å². The fourth-order valence-corrected chi connectivity index (χ4v) is 6.20. The van der Waals surface area contributed by atoms with E-state index in [2.05, 4.69) is 34.1 Å². The highest BCUT2D eigenvalue weighted by Gasteiger charge is 2.48. The third kappa shape index (κ3) is 3.84. The molecule has 1 saturated heterocycles. The molecule has 3 aliphatic rings. The molecule has 0 aromatic carbocycles. The molecule has 2 aliphatic carbocycles. The van der Waals surface area contributed by atoms with Gasteiger partial charge in [0, 0.05) is 24.1 Å². The molecule has 35 heavy (non-hydrogen) atoms. The minimum atomic E-state index is -0.516. The van der Waals surface area contributed by atoms with Crippen molar-refractivity contribution in [2.75, 3.05) is 13.6 Å². The summed E-state index contributed by atoms with van der Waals surface area (Å²) in [6, 6.07) is 2.11. The summed E-state index contributed by atoms with van der Waals surface area (Å²) < 4.78 is 13.8. The van der Waals surface area contributed by atoms with E-state index in [1.54, 1.807) is 17.1 Å². The number of nitrogens with zero attached hydrogens (tertiary/aromatic N) is 7. The topological polar surface area (TPSA) is 112 Å². The second-order valence-corrected chi connectivity index (χ2v) is 10.1. The fraction of sp³-hybridized carbons (Fsp3) is 0.600. The monoisotopic (exact) mass is 477 g/mol. The Balaban J connectivity index is 1.40. The molecule has 0 bridgehead atoms. The van der Waals surface area contributed by atoms with Crippen molar-refractivity contribution in [3.63, 3.8) is 0 Å². The number of ether oxygens (including phenoxy) is 1. The fourth-order valence-electron chi connectivity index (χ4n) is 6.20. The summed E-state index contributed by atoms with van der Waals surface area (Å²) in [5.41, 5.74) is 1.23. The van der Waals surface area contributed by atoms with Crippen molar-refractivity contribution in [2.24, 2.45) is 0 Å². The van der Waals surface area contributed by atoms with E-state index in [1.807, 2.05) is 0 Å². The van der Waals surface area contributed by atoms with Crippen LogP contribution in [0.25, 0.3) is 17.4 Å². The number of Topliss-reactive ketones (excluding diaryl/α,β-unsaturated/α-hetero) is 1. The SMILES string of the molecule is C[C@H](Oc1cc(-n2cncn2)nc(-c2onc3c2CCC[C@@]32CCCCC2=O)n1)[C@@H]1CCCN1C. The molecule has 0 radical (unpaired) electrons. The van der Waals surface area contributed by atoms with Gasteiger partial charge in [0.25, 0.3) is 0 Å². The zero-order valence-corrected chi connectivity index (χ0v) is 20.3. The Bertz CT molecular complexity index is 1220. The molecule has 4 heterocycles. The van der Waals surface area contributed by atoms with Crippen LogP contribution in [0.4, 0.5) is 0 Å². The molecule has 3 atom stereocenters. The summed E-state index contributed by atoms with van der Waals surface area (Å²) >= 11 is 0. The van der Waals surface area contributed by atoms with Crippen LogP contribution in [0.2, 0.25) is 0 Å². The first kappa shape index (κ1) is 22.3. The smallest absolute Gasteiger partial charge is 0.219 e. The van der Waals surface area contributed by atoms with Crippen molar-refractivity contribution < 1.29 is 14.1 Å². The molecule has 1 saturated carbocycles. The molecule has 0 N–H and O–H groups in total. The van der Waals surface area contributed by atoms with Crippen LogP contribution in [0.1, 0.15) is 69.5 Å². The van der Waals surface area contributed by atoms with Crippen molar-refractivity contribution in [3.8, 4) is 23.3 Å². The minimum Gasteiger partial charge on any atom is -0.473 e. The van der Waals surface area contributed by atoms with E-state index in [1.165, 1.54) is 12.7 Å². The van der Waals surface area contributed by atoms with E-state index in [0.717, 1.165) is 62.7 Å². The second-order valence-electron chi connectivity index (χ2n) is 10.1. The van der Waals surface area contributed by atoms with Crippen molar-refractivity contribution in [1.29, 1.82) is 0 Å². The van der Waals surface area contributed by atoms with Gasteiger partial charge in [0.05, 0.1) is 5.41 Å². The summed E-state index contributed by atoms with van der Waals surface area (Å²) in [5, 5.41) is 8.70. The quantitative estimate of drug-likeness (QED) is 0.546. The molecule has 184 valence electrons. The number of likely N-dealkylation sites (tertiary alicyclic amines) is 1. The summed E-state index contributed by atoms with van der Waals surface area (Å²) in [7, 11) is 2.13. The van der Waals surface area contributed by atoms with Crippen LogP contribution in [0, 0.1) is 0 Å². The maximum absolute atomic E-state index is 13.1. The average molecular weight is 478 g/mol. The third-order valence-corrected chi connectivity index (χ3v) is 8.03. The van der Waals surface area contributed by atoms with Gasteiger partial charge in [0.2, 0.25) is 17.5 Å². The van der Waals surface area contributed by atoms with Gasteiger partial charge in [0.15, 0.2) is 5.82 Å². The lowest BCUT2D eigenvalue weighted by Crippen LogP contribution is -2.41. The summed E-state index contributed by atoms with van der Waals surface area (Å²) in [5.74, 6) is 2.21. The molecular weight excluding hydrogens is 446 g/mol. The molecule has 6 rings (SSSR count). The molecule has 0 unspecified atom stereocenters. The van der Waals surface area contributed by atoms with Gasteiger partial charge in [-0.2, -0.15) is 10.1 Å².